The zero-order chi connectivity index (χ0) is 15.7. The largest absolute Gasteiger partial charge is 0.384 e. The van der Waals surface area contributed by atoms with Crippen LogP contribution in [0, 0.1) is 5.92 Å². The lowest BCUT2D eigenvalue weighted by atomic mass is 10.1. The number of halogens is 1. The van der Waals surface area contributed by atoms with E-state index in [-0.39, 0.29) is 5.91 Å². The predicted molar refractivity (Wildman–Crippen MR) is 88.2 cm³/mol. The molecule has 0 fully saturated rings. The van der Waals surface area contributed by atoms with Crippen molar-refractivity contribution in [1.29, 1.82) is 0 Å². The third-order valence-electron chi connectivity index (χ3n) is 2.77. The second-order valence-corrected chi connectivity index (χ2v) is 5.78. The summed E-state index contributed by atoms with van der Waals surface area (Å²) in [4.78, 5) is 12.2. The van der Waals surface area contributed by atoms with Crippen LogP contribution in [0.3, 0.4) is 0 Å². The molecule has 1 rings (SSSR count). The van der Waals surface area contributed by atoms with Crippen molar-refractivity contribution >= 4 is 23.2 Å². The number of rotatable bonds is 9. The molecule has 0 aliphatic carbocycles. The van der Waals surface area contributed by atoms with Gasteiger partial charge in [-0.15, -0.1) is 0 Å². The van der Waals surface area contributed by atoms with Crippen molar-refractivity contribution in [3.63, 3.8) is 0 Å². The Balaban J connectivity index is 2.53. The number of carbonyl (C=O) groups is 1. The molecule has 5 heteroatoms. The zero-order valence-electron chi connectivity index (χ0n) is 13.0. The van der Waals surface area contributed by atoms with Crippen LogP contribution >= 0.6 is 11.6 Å². The van der Waals surface area contributed by atoms with Crippen molar-refractivity contribution in [3.05, 3.63) is 28.8 Å². The zero-order valence-corrected chi connectivity index (χ0v) is 13.8. The Morgan fingerprint density at radius 3 is 2.76 bits per heavy atom. The predicted octanol–water partition coefficient (Wildman–Crippen LogP) is 3.56. The van der Waals surface area contributed by atoms with E-state index in [1.807, 2.05) is 6.07 Å². The van der Waals surface area contributed by atoms with Crippen LogP contribution in [0.2, 0.25) is 5.02 Å². The van der Waals surface area contributed by atoms with Gasteiger partial charge in [0.15, 0.2) is 0 Å². The van der Waals surface area contributed by atoms with Gasteiger partial charge in [-0.1, -0.05) is 32.4 Å². The van der Waals surface area contributed by atoms with Crippen LogP contribution in [0.1, 0.15) is 37.6 Å². The Kier molecular flexibility index (Phi) is 8.16. The maximum absolute atomic E-state index is 12.2. The average molecular weight is 313 g/mol. The highest BCUT2D eigenvalue weighted by molar-refractivity contribution is 6.31. The molecule has 0 aliphatic heterocycles. The number of nitrogens with one attached hydrogen (secondary N) is 2. The summed E-state index contributed by atoms with van der Waals surface area (Å²) in [5.74, 6) is 0.364. The number of ether oxygens (including phenoxy) is 1. The van der Waals surface area contributed by atoms with E-state index in [2.05, 4.69) is 31.4 Å². The molecule has 0 saturated heterocycles. The summed E-state index contributed by atoms with van der Waals surface area (Å²) >= 11 is 5.98. The van der Waals surface area contributed by atoms with E-state index < -0.39 is 0 Å². The Morgan fingerprint density at radius 1 is 1.33 bits per heavy atom. The number of carbonyl (C=O) groups excluding carboxylic acids is 1. The van der Waals surface area contributed by atoms with Crippen molar-refractivity contribution in [2.45, 2.75) is 27.2 Å². The van der Waals surface area contributed by atoms with Crippen molar-refractivity contribution in [2.75, 3.05) is 31.6 Å². The van der Waals surface area contributed by atoms with Crippen molar-refractivity contribution in [2.24, 2.45) is 5.92 Å². The minimum Gasteiger partial charge on any atom is -0.384 e. The second-order valence-electron chi connectivity index (χ2n) is 5.34. The monoisotopic (exact) mass is 312 g/mol. The second kappa shape index (κ2) is 9.64. The maximum atomic E-state index is 12.2. The minimum absolute atomic E-state index is 0.135. The smallest absolute Gasteiger partial charge is 0.253 e. The molecule has 0 unspecified atom stereocenters. The van der Waals surface area contributed by atoms with Crippen LogP contribution < -0.4 is 10.6 Å². The standard InChI is InChI=1S/C16H25ClN2O2/c1-4-7-18-15-6-5-13(17)10-14(15)16(20)19-8-9-21-11-12(2)3/h5-6,10,12,18H,4,7-9,11H2,1-3H3,(H,19,20). The molecule has 1 amide bonds. The normalized spacial score (nSPS) is 10.7. The molecule has 2 N–H and O–H groups in total. The fourth-order valence-corrected chi connectivity index (χ4v) is 1.94. The van der Waals surface area contributed by atoms with Gasteiger partial charge >= 0.3 is 0 Å². The van der Waals surface area contributed by atoms with Crippen molar-refractivity contribution in [3.8, 4) is 0 Å². The topological polar surface area (TPSA) is 50.4 Å². The van der Waals surface area contributed by atoms with E-state index in [1.165, 1.54) is 0 Å². The minimum atomic E-state index is -0.135. The molecule has 4 nitrogen and oxygen atoms in total. The van der Waals surface area contributed by atoms with E-state index in [1.54, 1.807) is 12.1 Å². The van der Waals surface area contributed by atoms with E-state index in [4.69, 9.17) is 16.3 Å². The summed E-state index contributed by atoms with van der Waals surface area (Å²) in [6, 6.07) is 5.30. The third-order valence-corrected chi connectivity index (χ3v) is 3.01. The molecule has 0 aromatic heterocycles. The van der Waals surface area contributed by atoms with Crippen molar-refractivity contribution in [1.82, 2.24) is 5.32 Å². The van der Waals surface area contributed by atoms with E-state index >= 15 is 0 Å². The number of hydrogen-bond acceptors (Lipinski definition) is 3. The SMILES string of the molecule is CCCNc1ccc(Cl)cc1C(=O)NCCOCC(C)C. The fraction of sp³-hybridized carbons (Fsp3) is 0.562. The average Bonchev–Trinajstić information content (AvgIpc) is 2.45. The van der Waals surface area contributed by atoms with Gasteiger partial charge in [0.05, 0.1) is 12.2 Å². The van der Waals surface area contributed by atoms with Gasteiger partial charge in [-0.2, -0.15) is 0 Å². The molecule has 118 valence electrons. The van der Waals surface area contributed by atoms with E-state index in [0.29, 0.717) is 36.3 Å². The highest BCUT2D eigenvalue weighted by Crippen LogP contribution is 2.20. The first kappa shape index (κ1) is 17.8. The summed E-state index contributed by atoms with van der Waals surface area (Å²) < 4.78 is 5.44. The lowest BCUT2D eigenvalue weighted by Crippen LogP contribution is -2.28. The highest BCUT2D eigenvalue weighted by Gasteiger charge is 2.11. The van der Waals surface area contributed by atoms with Gasteiger partial charge < -0.3 is 15.4 Å². The number of benzene rings is 1. The summed E-state index contributed by atoms with van der Waals surface area (Å²) in [5, 5.41) is 6.64. The molecular formula is C16H25ClN2O2. The molecule has 0 radical (unpaired) electrons. The van der Waals surface area contributed by atoms with Crippen LogP contribution in [0.4, 0.5) is 5.69 Å². The number of amides is 1. The van der Waals surface area contributed by atoms with Gasteiger partial charge in [0.1, 0.15) is 0 Å². The molecule has 0 aliphatic rings. The molecule has 0 spiro atoms. The third kappa shape index (κ3) is 6.82. The van der Waals surface area contributed by atoms with Gasteiger partial charge in [-0.25, -0.2) is 0 Å². The maximum Gasteiger partial charge on any atom is 0.253 e. The van der Waals surface area contributed by atoms with E-state index in [0.717, 1.165) is 18.7 Å². The van der Waals surface area contributed by atoms with Gasteiger partial charge in [-0.05, 0) is 30.5 Å². The molecule has 1 aromatic carbocycles. The first-order valence-corrected chi connectivity index (χ1v) is 7.81. The lowest BCUT2D eigenvalue weighted by molar-refractivity contribution is 0.0887. The van der Waals surface area contributed by atoms with Gasteiger partial charge in [0.25, 0.3) is 5.91 Å². The molecular weight excluding hydrogens is 288 g/mol. The Labute approximate surface area is 132 Å². The van der Waals surface area contributed by atoms with Crippen molar-refractivity contribution < 1.29 is 9.53 Å². The lowest BCUT2D eigenvalue weighted by Gasteiger charge is -2.12. The number of hydrogen-bond donors (Lipinski definition) is 2. The quantitative estimate of drug-likeness (QED) is 0.685. The summed E-state index contributed by atoms with van der Waals surface area (Å²) in [6.45, 7) is 8.80. The van der Waals surface area contributed by atoms with Crippen LogP contribution in [0.25, 0.3) is 0 Å². The number of anilines is 1. The summed E-state index contributed by atoms with van der Waals surface area (Å²) in [7, 11) is 0. The first-order chi connectivity index (χ1) is 10.0. The summed E-state index contributed by atoms with van der Waals surface area (Å²) in [5.41, 5.74) is 1.38. The molecule has 0 atom stereocenters. The Hall–Kier alpha value is -1.26. The van der Waals surface area contributed by atoms with Crippen LogP contribution in [-0.4, -0.2) is 32.2 Å². The van der Waals surface area contributed by atoms with Crippen LogP contribution in [0.5, 0.6) is 0 Å². The van der Waals surface area contributed by atoms with Crippen LogP contribution in [0.15, 0.2) is 18.2 Å². The Morgan fingerprint density at radius 2 is 2.10 bits per heavy atom. The molecule has 21 heavy (non-hydrogen) atoms. The first-order valence-electron chi connectivity index (χ1n) is 7.44. The highest BCUT2D eigenvalue weighted by atomic mass is 35.5. The molecule has 0 bridgehead atoms. The molecule has 1 aromatic rings. The molecule has 0 heterocycles. The van der Waals surface area contributed by atoms with Gasteiger partial charge in [0.2, 0.25) is 0 Å². The Bertz CT molecular complexity index is 450. The van der Waals surface area contributed by atoms with Crippen LogP contribution in [-0.2, 0) is 4.74 Å². The molecule has 0 saturated carbocycles. The summed E-state index contributed by atoms with van der Waals surface area (Å²) in [6.07, 6.45) is 0.993. The van der Waals surface area contributed by atoms with Gasteiger partial charge in [-0.3, -0.25) is 4.79 Å². The van der Waals surface area contributed by atoms with Gasteiger partial charge in [0, 0.05) is 30.4 Å². The van der Waals surface area contributed by atoms with E-state index in [9.17, 15) is 4.79 Å². The fourth-order valence-electron chi connectivity index (χ4n) is 1.77.